The molecule has 1 N–H and O–H groups in total. The van der Waals surface area contributed by atoms with E-state index in [0.717, 1.165) is 32.5 Å². The van der Waals surface area contributed by atoms with E-state index < -0.39 is 5.97 Å². The fraction of sp³-hybridized carbons (Fsp3) is 0.765. The van der Waals surface area contributed by atoms with Crippen LogP contribution in [-0.4, -0.2) is 58.6 Å². The van der Waals surface area contributed by atoms with Crippen LogP contribution in [0.5, 0.6) is 0 Å². The first-order chi connectivity index (χ1) is 11.1. The minimum absolute atomic E-state index is 0.140. The van der Waals surface area contributed by atoms with E-state index in [0.29, 0.717) is 12.0 Å². The SMILES string of the molecule is CN(CC(=O)O)C1CCN(Cc2csc(C3CCCC3)n2)CC1. The van der Waals surface area contributed by atoms with Gasteiger partial charge in [0, 0.05) is 37.0 Å². The number of carboxylic acid groups (broad SMARTS) is 1. The standard InChI is InChI=1S/C17H27N3O2S/c1-19(11-16(21)22)15-6-8-20(9-7-15)10-14-12-23-17(18-14)13-4-2-3-5-13/h12-13,15H,2-11H2,1H3,(H,21,22). The summed E-state index contributed by atoms with van der Waals surface area (Å²) in [5, 5.41) is 12.5. The summed E-state index contributed by atoms with van der Waals surface area (Å²) in [5.74, 6) is -0.0269. The molecule has 0 spiro atoms. The van der Waals surface area contributed by atoms with Gasteiger partial charge in [0.25, 0.3) is 0 Å². The highest BCUT2D eigenvalue weighted by Crippen LogP contribution is 2.35. The highest BCUT2D eigenvalue weighted by Gasteiger charge is 2.25. The first kappa shape index (κ1) is 16.9. The average molecular weight is 337 g/mol. The summed E-state index contributed by atoms with van der Waals surface area (Å²) < 4.78 is 0. The maximum atomic E-state index is 10.8. The summed E-state index contributed by atoms with van der Waals surface area (Å²) in [6.07, 6.45) is 7.43. The Kier molecular flexibility index (Phi) is 5.67. The van der Waals surface area contributed by atoms with E-state index >= 15 is 0 Å². The normalized spacial score (nSPS) is 21.3. The van der Waals surface area contributed by atoms with Crippen LogP contribution in [0.2, 0.25) is 0 Å². The summed E-state index contributed by atoms with van der Waals surface area (Å²) >= 11 is 1.84. The monoisotopic (exact) mass is 337 g/mol. The van der Waals surface area contributed by atoms with Crippen LogP contribution < -0.4 is 0 Å². The predicted octanol–water partition coefficient (Wildman–Crippen LogP) is 2.78. The highest BCUT2D eigenvalue weighted by molar-refractivity contribution is 7.09. The molecule has 0 bridgehead atoms. The molecule has 2 heterocycles. The van der Waals surface area contributed by atoms with Crippen molar-refractivity contribution in [2.75, 3.05) is 26.7 Å². The van der Waals surface area contributed by atoms with Gasteiger partial charge in [-0.15, -0.1) is 11.3 Å². The molecule has 2 fully saturated rings. The molecule has 0 unspecified atom stereocenters. The summed E-state index contributed by atoms with van der Waals surface area (Å²) in [7, 11) is 1.92. The molecule has 2 aliphatic rings. The number of aliphatic carboxylic acids is 1. The molecule has 1 aliphatic heterocycles. The minimum Gasteiger partial charge on any atom is -0.480 e. The smallest absolute Gasteiger partial charge is 0.317 e. The molecule has 1 saturated heterocycles. The van der Waals surface area contributed by atoms with E-state index in [1.165, 1.54) is 36.4 Å². The first-order valence-corrected chi connectivity index (χ1v) is 9.58. The van der Waals surface area contributed by atoms with Crippen molar-refractivity contribution < 1.29 is 9.90 Å². The Bertz CT molecular complexity index is 520. The van der Waals surface area contributed by atoms with Gasteiger partial charge in [-0.3, -0.25) is 14.6 Å². The Morgan fingerprint density at radius 2 is 2.04 bits per heavy atom. The fourth-order valence-electron chi connectivity index (χ4n) is 3.85. The highest BCUT2D eigenvalue weighted by atomic mass is 32.1. The van der Waals surface area contributed by atoms with Crippen molar-refractivity contribution in [3.05, 3.63) is 16.1 Å². The molecule has 6 heteroatoms. The zero-order chi connectivity index (χ0) is 16.2. The van der Waals surface area contributed by atoms with Crippen molar-refractivity contribution in [1.82, 2.24) is 14.8 Å². The lowest BCUT2D eigenvalue weighted by molar-refractivity contribution is -0.138. The number of likely N-dealkylation sites (tertiary alicyclic amines) is 1. The Balaban J connectivity index is 1.46. The first-order valence-electron chi connectivity index (χ1n) is 8.70. The van der Waals surface area contributed by atoms with Gasteiger partial charge < -0.3 is 5.11 Å². The Hall–Kier alpha value is -0.980. The molecular formula is C17H27N3O2S. The van der Waals surface area contributed by atoms with Crippen molar-refractivity contribution in [1.29, 1.82) is 0 Å². The van der Waals surface area contributed by atoms with Gasteiger partial charge in [-0.1, -0.05) is 12.8 Å². The third kappa shape index (κ3) is 4.52. The fourth-order valence-corrected chi connectivity index (χ4v) is 4.83. The van der Waals surface area contributed by atoms with Crippen molar-refractivity contribution in [3.8, 4) is 0 Å². The summed E-state index contributed by atoms with van der Waals surface area (Å²) in [6.45, 7) is 3.15. The van der Waals surface area contributed by atoms with Crippen molar-refractivity contribution >= 4 is 17.3 Å². The van der Waals surface area contributed by atoms with Gasteiger partial charge in [0.1, 0.15) is 0 Å². The number of carbonyl (C=O) groups is 1. The van der Waals surface area contributed by atoms with Crippen LogP contribution in [-0.2, 0) is 11.3 Å². The second kappa shape index (κ2) is 7.73. The zero-order valence-electron chi connectivity index (χ0n) is 13.9. The number of nitrogens with zero attached hydrogens (tertiary/aromatic N) is 3. The Labute approximate surface area is 142 Å². The minimum atomic E-state index is -0.739. The van der Waals surface area contributed by atoms with Gasteiger partial charge in [-0.2, -0.15) is 0 Å². The van der Waals surface area contributed by atoms with Gasteiger partial charge >= 0.3 is 5.97 Å². The Morgan fingerprint density at radius 1 is 1.35 bits per heavy atom. The van der Waals surface area contributed by atoms with Gasteiger partial charge in [0.15, 0.2) is 0 Å². The number of hydrogen-bond donors (Lipinski definition) is 1. The topological polar surface area (TPSA) is 56.7 Å². The summed E-state index contributed by atoms with van der Waals surface area (Å²) in [5.41, 5.74) is 1.22. The average Bonchev–Trinajstić information content (AvgIpc) is 3.18. The molecule has 3 rings (SSSR count). The molecule has 1 aromatic rings. The van der Waals surface area contributed by atoms with Crippen molar-refractivity contribution in [2.45, 2.75) is 57.0 Å². The quantitative estimate of drug-likeness (QED) is 0.865. The second-order valence-corrected chi connectivity index (χ2v) is 7.86. The van der Waals surface area contributed by atoms with Crippen LogP contribution in [0.4, 0.5) is 0 Å². The van der Waals surface area contributed by atoms with E-state index in [1.54, 1.807) is 0 Å². The molecule has 0 radical (unpaired) electrons. The molecule has 23 heavy (non-hydrogen) atoms. The number of carboxylic acids is 1. The molecule has 0 aromatic carbocycles. The molecule has 128 valence electrons. The van der Waals surface area contributed by atoms with Crippen LogP contribution in [0.1, 0.15) is 55.1 Å². The van der Waals surface area contributed by atoms with Crippen molar-refractivity contribution in [3.63, 3.8) is 0 Å². The van der Waals surface area contributed by atoms with Gasteiger partial charge in [-0.25, -0.2) is 4.98 Å². The number of likely N-dealkylation sites (N-methyl/N-ethyl adjacent to an activating group) is 1. The van der Waals surface area contributed by atoms with E-state index in [2.05, 4.69) is 10.3 Å². The summed E-state index contributed by atoms with van der Waals surface area (Å²) in [4.78, 5) is 20.1. The number of aromatic nitrogens is 1. The third-order valence-corrected chi connectivity index (χ3v) is 6.28. The number of rotatable bonds is 6. The molecule has 1 aromatic heterocycles. The zero-order valence-corrected chi connectivity index (χ0v) is 14.7. The Morgan fingerprint density at radius 3 is 2.70 bits per heavy atom. The predicted molar refractivity (Wildman–Crippen MR) is 91.9 cm³/mol. The van der Waals surface area contributed by atoms with E-state index in [4.69, 9.17) is 10.1 Å². The molecule has 0 amide bonds. The third-order valence-electron chi connectivity index (χ3n) is 5.22. The largest absolute Gasteiger partial charge is 0.480 e. The van der Waals surface area contributed by atoms with Crippen LogP contribution in [0, 0.1) is 0 Å². The van der Waals surface area contributed by atoms with E-state index in [-0.39, 0.29) is 6.54 Å². The van der Waals surface area contributed by atoms with E-state index in [1.807, 2.05) is 23.3 Å². The number of hydrogen-bond acceptors (Lipinski definition) is 5. The van der Waals surface area contributed by atoms with Gasteiger partial charge in [0.05, 0.1) is 17.2 Å². The maximum Gasteiger partial charge on any atom is 0.317 e. The van der Waals surface area contributed by atoms with E-state index in [9.17, 15) is 4.79 Å². The molecule has 5 nitrogen and oxygen atoms in total. The van der Waals surface area contributed by atoms with Crippen LogP contribution in [0.3, 0.4) is 0 Å². The lowest BCUT2D eigenvalue weighted by Gasteiger charge is -2.35. The number of piperidine rings is 1. The molecule has 1 saturated carbocycles. The lowest BCUT2D eigenvalue weighted by Crippen LogP contribution is -2.44. The molecule has 1 aliphatic carbocycles. The maximum absolute atomic E-state index is 10.8. The number of thiazole rings is 1. The lowest BCUT2D eigenvalue weighted by atomic mass is 10.0. The molecule has 0 atom stereocenters. The molecular weight excluding hydrogens is 310 g/mol. The second-order valence-electron chi connectivity index (χ2n) is 6.97. The van der Waals surface area contributed by atoms with Gasteiger partial charge in [0.2, 0.25) is 0 Å². The summed E-state index contributed by atoms with van der Waals surface area (Å²) in [6, 6.07) is 0.395. The van der Waals surface area contributed by atoms with Crippen LogP contribution in [0.15, 0.2) is 5.38 Å². The van der Waals surface area contributed by atoms with Crippen LogP contribution >= 0.6 is 11.3 Å². The van der Waals surface area contributed by atoms with Crippen molar-refractivity contribution in [2.24, 2.45) is 0 Å². The van der Waals surface area contributed by atoms with Crippen LogP contribution in [0.25, 0.3) is 0 Å². The van der Waals surface area contributed by atoms with Gasteiger partial charge in [-0.05, 0) is 32.7 Å².